The van der Waals surface area contributed by atoms with Crippen LogP contribution in [-0.2, 0) is 36.6 Å². The molecule has 1 aromatic carbocycles. The van der Waals surface area contributed by atoms with E-state index >= 15 is 0 Å². The number of fused-ring (bicyclic) bond motifs is 1. The zero-order valence-electron chi connectivity index (χ0n) is 17.2. The zero-order valence-corrected chi connectivity index (χ0v) is 18.8. The van der Waals surface area contributed by atoms with E-state index in [-0.39, 0.29) is 29.2 Å². The lowest BCUT2D eigenvalue weighted by molar-refractivity contribution is -0.185. The number of hydrogen-bond acceptors (Lipinski definition) is 10. The van der Waals surface area contributed by atoms with E-state index < -0.39 is 34.7 Å². The van der Waals surface area contributed by atoms with Crippen LogP contribution in [0.4, 0.5) is 0 Å². The van der Waals surface area contributed by atoms with Crippen LogP contribution in [0.2, 0.25) is 0 Å². The third kappa shape index (κ3) is 3.64. The maximum Gasteiger partial charge on any atom is 0.352 e. The molecule has 0 spiro atoms. The Hall–Kier alpha value is -3.39. The maximum atomic E-state index is 13.3. The number of aryl methyl sites for hydroxylation is 1. The number of carbonyl (C=O) groups is 4. The number of β-lactam (4-membered cyclic amide) rings is 1. The molecule has 2 amide bonds. The van der Waals surface area contributed by atoms with Crippen LogP contribution in [0.5, 0.6) is 0 Å². The van der Waals surface area contributed by atoms with Gasteiger partial charge in [0.15, 0.2) is 0 Å². The number of aliphatic carboxylic acids is 1. The van der Waals surface area contributed by atoms with Gasteiger partial charge >= 0.3 is 5.97 Å². The average Bonchev–Trinajstić information content (AvgIpc) is 3.21. The van der Waals surface area contributed by atoms with Gasteiger partial charge in [0.25, 0.3) is 12.4 Å². The molecule has 14 heteroatoms. The predicted molar refractivity (Wildman–Crippen MR) is 115 cm³/mol. The van der Waals surface area contributed by atoms with E-state index in [1.54, 1.807) is 25.2 Å². The number of ether oxygens (including phenoxy) is 1. The van der Waals surface area contributed by atoms with Gasteiger partial charge in [0.05, 0.1) is 5.37 Å². The van der Waals surface area contributed by atoms with Gasteiger partial charge in [0, 0.05) is 24.1 Å². The highest BCUT2D eigenvalue weighted by atomic mass is 32.2. The molecule has 33 heavy (non-hydrogen) atoms. The number of nitrogens with two attached hydrogens (primary N) is 1. The van der Waals surface area contributed by atoms with Crippen molar-refractivity contribution in [1.82, 2.24) is 25.1 Å². The molecule has 3 heterocycles. The molecule has 1 saturated heterocycles. The van der Waals surface area contributed by atoms with Crippen molar-refractivity contribution in [2.24, 2.45) is 18.7 Å². The molecule has 1 fully saturated rings. The van der Waals surface area contributed by atoms with E-state index in [2.05, 4.69) is 15.5 Å². The number of thioether (sulfide) groups is 2. The lowest BCUT2D eigenvalue weighted by atomic mass is 9.74. The summed E-state index contributed by atoms with van der Waals surface area (Å²) in [5.74, 6) is -3.63. The topological polar surface area (TPSA) is 171 Å². The van der Waals surface area contributed by atoms with Gasteiger partial charge in [-0.3, -0.25) is 19.3 Å². The summed E-state index contributed by atoms with van der Waals surface area (Å²) in [6, 6.07) is 8.00. The van der Waals surface area contributed by atoms with E-state index in [1.165, 1.54) is 40.3 Å². The number of primary amides is 1. The van der Waals surface area contributed by atoms with Gasteiger partial charge in [0.2, 0.25) is 16.7 Å². The van der Waals surface area contributed by atoms with E-state index in [1.807, 2.05) is 0 Å². The van der Waals surface area contributed by atoms with Gasteiger partial charge in [-0.15, -0.1) is 16.9 Å². The van der Waals surface area contributed by atoms with Crippen LogP contribution < -0.4 is 5.73 Å². The quantitative estimate of drug-likeness (QED) is 0.269. The fourth-order valence-corrected chi connectivity index (χ4v) is 6.43. The molecule has 0 saturated carbocycles. The van der Waals surface area contributed by atoms with E-state index in [9.17, 15) is 24.3 Å². The van der Waals surface area contributed by atoms with Crippen LogP contribution in [0.3, 0.4) is 0 Å². The number of rotatable bonds is 9. The van der Waals surface area contributed by atoms with Crippen LogP contribution in [0.25, 0.3) is 0 Å². The van der Waals surface area contributed by atoms with Crippen molar-refractivity contribution in [3.05, 3.63) is 47.2 Å². The number of nitrogens with zero attached hydrogens (tertiary/aromatic N) is 5. The highest BCUT2D eigenvalue weighted by Crippen LogP contribution is 2.52. The second-order valence-corrected chi connectivity index (χ2v) is 9.25. The minimum absolute atomic E-state index is 0.0755. The summed E-state index contributed by atoms with van der Waals surface area (Å²) in [5, 5.41) is 20.7. The SMILES string of the molecule is Cn1nnnc1SCC1=C(C(=O)O)N2C(=O)[C@@H](C(OC=O)(C(N)=O)c3ccccc3)[C@H]2SC1. The summed E-state index contributed by atoms with van der Waals surface area (Å²) in [7, 11) is 1.66. The lowest BCUT2D eigenvalue weighted by Gasteiger charge is -2.54. The Bertz CT molecular complexity index is 1150. The van der Waals surface area contributed by atoms with Crippen molar-refractivity contribution in [3.8, 4) is 0 Å². The van der Waals surface area contributed by atoms with Gasteiger partial charge in [-0.1, -0.05) is 42.1 Å². The minimum atomic E-state index is -2.06. The summed E-state index contributed by atoms with van der Waals surface area (Å²) < 4.78 is 6.68. The normalized spacial score (nSPS) is 21.6. The van der Waals surface area contributed by atoms with E-state index in [0.29, 0.717) is 10.7 Å². The van der Waals surface area contributed by atoms with Gasteiger partial charge < -0.3 is 15.6 Å². The van der Waals surface area contributed by atoms with Crippen LogP contribution in [0, 0.1) is 5.92 Å². The molecule has 2 aliphatic rings. The maximum absolute atomic E-state index is 13.3. The summed E-state index contributed by atoms with van der Waals surface area (Å²) in [6.45, 7) is 0.0755. The highest BCUT2D eigenvalue weighted by Gasteiger charge is 2.66. The third-order valence-electron chi connectivity index (χ3n) is 5.45. The molecule has 0 aliphatic carbocycles. The molecule has 1 aromatic heterocycles. The van der Waals surface area contributed by atoms with Crippen molar-refractivity contribution < 1.29 is 29.0 Å². The van der Waals surface area contributed by atoms with Crippen molar-refractivity contribution >= 4 is 47.8 Å². The first kappa shape index (κ1) is 22.8. The van der Waals surface area contributed by atoms with Gasteiger partial charge in [-0.2, -0.15) is 0 Å². The second kappa shape index (κ2) is 8.86. The first-order valence-corrected chi connectivity index (χ1v) is 11.6. The highest BCUT2D eigenvalue weighted by molar-refractivity contribution is 8.01. The second-order valence-electron chi connectivity index (χ2n) is 7.20. The fourth-order valence-electron chi connectivity index (χ4n) is 3.97. The van der Waals surface area contributed by atoms with E-state index in [0.717, 1.165) is 4.90 Å². The molecule has 172 valence electrons. The number of carbonyl (C=O) groups excluding carboxylic acids is 3. The van der Waals surface area contributed by atoms with Crippen molar-refractivity contribution in [1.29, 1.82) is 0 Å². The molecular weight excluding hydrogens is 472 g/mol. The molecule has 2 aliphatic heterocycles. The lowest BCUT2D eigenvalue weighted by Crippen LogP contribution is -2.70. The van der Waals surface area contributed by atoms with Crippen LogP contribution in [-0.4, -0.2) is 71.3 Å². The summed E-state index contributed by atoms with van der Waals surface area (Å²) >= 11 is 2.50. The molecule has 4 rings (SSSR count). The Morgan fingerprint density at radius 1 is 1.39 bits per heavy atom. The number of carboxylic acid groups (broad SMARTS) is 1. The third-order valence-corrected chi connectivity index (χ3v) is 7.88. The largest absolute Gasteiger partial charge is 0.477 e. The summed E-state index contributed by atoms with van der Waals surface area (Å²) in [6.07, 6.45) is 0. The molecule has 2 aromatic rings. The molecule has 0 radical (unpaired) electrons. The van der Waals surface area contributed by atoms with Crippen molar-refractivity contribution in [2.45, 2.75) is 16.1 Å². The summed E-state index contributed by atoms with van der Waals surface area (Å²) in [4.78, 5) is 50.5. The molecule has 0 bridgehead atoms. The molecule has 12 nitrogen and oxygen atoms in total. The van der Waals surface area contributed by atoms with Crippen LogP contribution >= 0.6 is 23.5 Å². The first-order chi connectivity index (χ1) is 15.8. The number of carboxylic acids is 1. The number of tetrazole rings is 1. The Balaban J connectivity index is 1.69. The van der Waals surface area contributed by atoms with Crippen LogP contribution in [0.1, 0.15) is 5.56 Å². The average molecular weight is 491 g/mol. The first-order valence-electron chi connectivity index (χ1n) is 9.55. The Labute approximate surface area is 195 Å². The van der Waals surface area contributed by atoms with Gasteiger partial charge in [-0.05, 0) is 16.0 Å². The van der Waals surface area contributed by atoms with Gasteiger partial charge in [0.1, 0.15) is 11.6 Å². The number of aromatic nitrogens is 4. The number of amides is 2. The Morgan fingerprint density at radius 3 is 2.70 bits per heavy atom. The zero-order chi connectivity index (χ0) is 23.8. The number of hydrogen-bond donors (Lipinski definition) is 2. The molecule has 3 atom stereocenters. The van der Waals surface area contributed by atoms with Crippen LogP contribution in [0.15, 0.2) is 46.8 Å². The van der Waals surface area contributed by atoms with Crippen molar-refractivity contribution in [2.75, 3.05) is 11.5 Å². The smallest absolute Gasteiger partial charge is 0.352 e. The predicted octanol–water partition coefficient (Wildman–Crippen LogP) is -0.274. The Morgan fingerprint density at radius 2 is 2.12 bits per heavy atom. The standard InChI is InChI=1S/C19H18N6O6S2/c1-24-18(21-22-23-24)33-8-10-7-32-15-12(14(27)25(15)13(10)16(28)29)19(17(20)30,31-9-26)11-5-3-2-4-6-11/h2-6,9,12,15H,7-8H2,1H3,(H2,20,30)(H,28,29)/t12-,15-,19?/m1/s1. The van der Waals surface area contributed by atoms with Crippen molar-refractivity contribution in [3.63, 3.8) is 0 Å². The van der Waals surface area contributed by atoms with E-state index in [4.69, 9.17) is 10.5 Å². The molecule has 3 N–H and O–H groups in total. The number of benzene rings is 1. The van der Waals surface area contributed by atoms with Gasteiger partial charge in [-0.25, -0.2) is 9.48 Å². The Kier molecular flexibility index (Phi) is 6.12. The summed E-state index contributed by atoms with van der Waals surface area (Å²) in [5.41, 5.74) is 4.18. The molecular formula is C19H18N6O6S2. The fraction of sp³-hybridized carbons (Fsp3) is 0.316. The minimum Gasteiger partial charge on any atom is -0.477 e. The molecule has 1 unspecified atom stereocenters. The monoisotopic (exact) mass is 490 g/mol.